The molecule has 1 aliphatic rings. The van der Waals surface area contributed by atoms with E-state index in [2.05, 4.69) is 5.32 Å². The molecule has 0 radical (unpaired) electrons. The van der Waals surface area contributed by atoms with Crippen LogP contribution in [0.4, 0.5) is 13.2 Å². The second kappa shape index (κ2) is 7.92. The predicted molar refractivity (Wildman–Crippen MR) is 83.7 cm³/mol. The minimum Gasteiger partial charge on any atom is -0.481 e. The van der Waals surface area contributed by atoms with E-state index in [0.717, 1.165) is 23.9 Å². The number of carboxylic acids is 1. The average Bonchev–Trinajstić information content (AvgIpc) is 2.53. The lowest BCUT2D eigenvalue weighted by Gasteiger charge is -2.26. The lowest BCUT2D eigenvalue weighted by atomic mass is 9.86. The van der Waals surface area contributed by atoms with Crippen LogP contribution in [0.5, 0.6) is 0 Å². The molecule has 1 saturated carbocycles. The summed E-state index contributed by atoms with van der Waals surface area (Å²) in [4.78, 5) is 23.2. The van der Waals surface area contributed by atoms with Crippen LogP contribution in [0.3, 0.4) is 0 Å². The van der Waals surface area contributed by atoms with Gasteiger partial charge in [0.15, 0.2) is 0 Å². The quantitative estimate of drug-likeness (QED) is 0.787. The van der Waals surface area contributed by atoms with Crippen molar-refractivity contribution in [2.45, 2.75) is 42.8 Å². The third kappa shape index (κ3) is 5.43. The minimum atomic E-state index is -4.40. The van der Waals surface area contributed by atoms with Crippen LogP contribution in [0, 0.1) is 5.92 Å². The van der Waals surface area contributed by atoms with Crippen LogP contribution in [0.25, 0.3) is 0 Å². The Kier molecular flexibility index (Phi) is 6.15. The summed E-state index contributed by atoms with van der Waals surface area (Å²) in [5, 5.41) is 11.7. The molecule has 1 aromatic rings. The smallest absolute Gasteiger partial charge is 0.416 e. The molecule has 2 rings (SSSR count). The van der Waals surface area contributed by atoms with Gasteiger partial charge in [-0.1, -0.05) is 6.07 Å². The first-order valence-corrected chi connectivity index (χ1v) is 8.56. The van der Waals surface area contributed by atoms with Gasteiger partial charge in [0, 0.05) is 10.9 Å². The van der Waals surface area contributed by atoms with Crippen molar-refractivity contribution >= 4 is 23.6 Å². The van der Waals surface area contributed by atoms with Gasteiger partial charge in [-0.3, -0.25) is 9.59 Å². The molecule has 24 heavy (non-hydrogen) atoms. The van der Waals surface area contributed by atoms with Crippen molar-refractivity contribution in [3.63, 3.8) is 0 Å². The number of alkyl halides is 3. The van der Waals surface area contributed by atoms with Crippen molar-refractivity contribution in [3.05, 3.63) is 29.8 Å². The lowest BCUT2D eigenvalue weighted by Crippen LogP contribution is -2.39. The molecule has 132 valence electrons. The maximum atomic E-state index is 12.6. The highest BCUT2D eigenvalue weighted by molar-refractivity contribution is 8.00. The van der Waals surface area contributed by atoms with E-state index in [-0.39, 0.29) is 23.6 Å². The van der Waals surface area contributed by atoms with Gasteiger partial charge in [0.2, 0.25) is 5.91 Å². The molecule has 0 heterocycles. The number of hydrogen-bond acceptors (Lipinski definition) is 3. The van der Waals surface area contributed by atoms with Crippen LogP contribution >= 0.6 is 11.8 Å². The van der Waals surface area contributed by atoms with Gasteiger partial charge in [0.1, 0.15) is 0 Å². The molecule has 0 unspecified atom stereocenters. The van der Waals surface area contributed by atoms with Gasteiger partial charge in [0.25, 0.3) is 0 Å². The van der Waals surface area contributed by atoms with Gasteiger partial charge in [0.05, 0.1) is 17.2 Å². The Morgan fingerprint density at radius 1 is 1.21 bits per heavy atom. The first-order valence-electron chi connectivity index (χ1n) is 7.58. The highest BCUT2D eigenvalue weighted by Gasteiger charge is 2.30. The third-order valence-corrected chi connectivity index (χ3v) is 4.97. The summed E-state index contributed by atoms with van der Waals surface area (Å²) >= 11 is 1.05. The van der Waals surface area contributed by atoms with E-state index in [1.807, 2.05) is 0 Å². The largest absolute Gasteiger partial charge is 0.481 e. The van der Waals surface area contributed by atoms with Crippen LogP contribution in [-0.4, -0.2) is 28.8 Å². The van der Waals surface area contributed by atoms with Gasteiger partial charge in [-0.15, -0.1) is 11.8 Å². The second-order valence-corrected chi connectivity index (χ2v) is 6.82. The Morgan fingerprint density at radius 2 is 1.88 bits per heavy atom. The zero-order valence-corrected chi connectivity index (χ0v) is 13.6. The minimum absolute atomic E-state index is 0.0279. The first kappa shape index (κ1) is 18.6. The Labute approximate surface area is 141 Å². The van der Waals surface area contributed by atoms with Gasteiger partial charge in [-0.2, -0.15) is 13.2 Å². The molecule has 1 fully saturated rings. The SMILES string of the molecule is O=C(CSc1cccc(C(F)(F)F)c1)NC1CCC(C(=O)O)CC1. The van der Waals surface area contributed by atoms with Crippen molar-refractivity contribution in [1.29, 1.82) is 0 Å². The molecule has 0 atom stereocenters. The van der Waals surface area contributed by atoms with Gasteiger partial charge in [-0.25, -0.2) is 0 Å². The summed E-state index contributed by atoms with van der Waals surface area (Å²) in [7, 11) is 0. The van der Waals surface area contributed by atoms with E-state index in [1.54, 1.807) is 0 Å². The van der Waals surface area contributed by atoms with E-state index in [4.69, 9.17) is 5.11 Å². The van der Waals surface area contributed by atoms with Crippen LogP contribution in [0.1, 0.15) is 31.2 Å². The average molecular weight is 361 g/mol. The number of carbonyl (C=O) groups excluding carboxylic acids is 1. The molecule has 8 heteroatoms. The second-order valence-electron chi connectivity index (χ2n) is 5.77. The van der Waals surface area contributed by atoms with E-state index < -0.39 is 17.7 Å². The molecule has 1 amide bonds. The van der Waals surface area contributed by atoms with Crippen molar-refractivity contribution in [2.24, 2.45) is 5.92 Å². The topological polar surface area (TPSA) is 66.4 Å². The van der Waals surface area contributed by atoms with Crippen molar-refractivity contribution in [2.75, 3.05) is 5.75 Å². The van der Waals surface area contributed by atoms with Crippen molar-refractivity contribution in [1.82, 2.24) is 5.32 Å². The maximum absolute atomic E-state index is 12.6. The summed E-state index contributed by atoms with van der Waals surface area (Å²) in [6, 6.07) is 4.80. The predicted octanol–water partition coefficient (Wildman–Crippen LogP) is 3.56. The molecule has 2 N–H and O–H groups in total. The van der Waals surface area contributed by atoms with E-state index in [0.29, 0.717) is 30.6 Å². The van der Waals surface area contributed by atoms with Crippen LogP contribution in [-0.2, 0) is 15.8 Å². The number of carbonyl (C=O) groups is 2. The summed E-state index contributed by atoms with van der Waals surface area (Å²) in [6.07, 6.45) is -2.13. The Bertz CT molecular complexity index is 598. The number of aliphatic carboxylic acids is 1. The zero-order chi connectivity index (χ0) is 17.7. The molecule has 0 aliphatic heterocycles. The molecular formula is C16H18F3NO3S. The Balaban J connectivity index is 1.79. The number of carboxylic acid groups (broad SMARTS) is 1. The maximum Gasteiger partial charge on any atom is 0.416 e. The van der Waals surface area contributed by atoms with E-state index in [1.165, 1.54) is 12.1 Å². The number of hydrogen-bond donors (Lipinski definition) is 2. The van der Waals surface area contributed by atoms with Crippen molar-refractivity contribution < 1.29 is 27.9 Å². The molecule has 4 nitrogen and oxygen atoms in total. The molecule has 1 aromatic carbocycles. The van der Waals surface area contributed by atoms with E-state index in [9.17, 15) is 22.8 Å². The molecule has 1 aliphatic carbocycles. The fourth-order valence-corrected chi connectivity index (χ4v) is 3.43. The number of nitrogens with one attached hydrogen (secondary N) is 1. The summed E-state index contributed by atoms with van der Waals surface area (Å²) in [5.41, 5.74) is -0.736. The monoisotopic (exact) mass is 361 g/mol. The number of rotatable bonds is 5. The fraction of sp³-hybridized carbons (Fsp3) is 0.500. The fourth-order valence-electron chi connectivity index (χ4n) is 2.67. The number of thioether (sulfide) groups is 1. The van der Waals surface area contributed by atoms with Crippen LogP contribution < -0.4 is 5.32 Å². The highest BCUT2D eigenvalue weighted by Crippen LogP contribution is 2.32. The Morgan fingerprint density at radius 3 is 2.46 bits per heavy atom. The Hall–Kier alpha value is -1.70. The molecule has 0 aromatic heterocycles. The number of amides is 1. The molecular weight excluding hydrogens is 343 g/mol. The number of halogens is 3. The molecule has 0 spiro atoms. The van der Waals surface area contributed by atoms with Gasteiger partial charge >= 0.3 is 12.1 Å². The van der Waals surface area contributed by atoms with Gasteiger partial charge < -0.3 is 10.4 Å². The third-order valence-electron chi connectivity index (χ3n) is 3.97. The summed E-state index contributed by atoms with van der Waals surface area (Å²) < 4.78 is 37.9. The lowest BCUT2D eigenvalue weighted by molar-refractivity contribution is -0.143. The highest BCUT2D eigenvalue weighted by atomic mass is 32.2. The van der Waals surface area contributed by atoms with Crippen LogP contribution in [0.2, 0.25) is 0 Å². The molecule has 0 saturated heterocycles. The zero-order valence-electron chi connectivity index (χ0n) is 12.8. The van der Waals surface area contributed by atoms with Gasteiger partial charge in [-0.05, 0) is 43.9 Å². The van der Waals surface area contributed by atoms with Crippen LogP contribution in [0.15, 0.2) is 29.2 Å². The molecule has 0 bridgehead atoms. The normalized spacial score (nSPS) is 21.3. The van der Waals surface area contributed by atoms with Crippen molar-refractivity contribution in [3.8, 4) is 0 Å². The number of benzene rings is 1. The van der Waals surface area contributed by atoms with E-state index >= 15 is 0 Å². The summed E-state index contributed by atoms with van der Waals surface area (Å²) in [6.45, 7) is 0. The first-order chi connectivity index (χ1) is 11.3. The summed E-state index contributed by atoms with van der Waals surface area (Å²) in [5.74, 6) is -1.38. The standard InChI is InChI=1S/C16H18F3NO3S/c17-16(18,19)11-2-1-3-13(8-11)24-9-14(21)20-12-6-4-10(5-7-12)15(22)23/h1-3,8,10,12H,4-7,9H2,(H,20,21)(H,22,23).